The fourth-order valence-electron chi connectivity index (χ4n) is 0.688. The Balaban J connectivity index is 3.01. The minimum Gasteiger partial charge on any atom is -0.438 e. The van der Waals surface area contributed by atoms with Crippen molar-refractivity contribution in [1.82, 2.24) is 0 Å². The van der Waals surface area contributed by atoms with Crippen LogP contribution in [-0.4, -0.2) is 32.6 Å². The molecule has 77 valence electrons. The lowest BCUT2D eigenvalue weighted by Crippen LogP contribution is -2.16. The number of carbonyl (C=O) groups is 1. The Morgan fingerprint density at radius 2 is 2.15 bits per heavy atom. The molecule has 0 aliphatic rings. The first-order valence-electron chi connectivity index (χ1n) is 4.42. The molecule has 1 unspecified atom stereocenters. The van der Waals surface area contributed by atoms with Crippen molar-refractivity contribution in [2.24, 2.45) is 0 Å². The van der Waals surface area contributed by atoms with E-state index in [0.717, 1.165) is 19.4 Å². The summed E-state index contributed by atoms with van der Waals surface area (Å²) in [6, 6.07) is 0. The fraction of sp³-hybridized carbons (Fsp3) is 0.778. The summed E-state index contributed by atoms with van der Waals surface area (Å²) in [5.41, 5.74) is 0. The van der Waals surface area contributed by atoms with E-state index in [2.05, 4.69) is 18.6 Å². The highest BCUT2D eigenvalue weighted by molar-refractivity contribution is 5.37. The molecular formula is C9H17O4. The number of hydrogen-bond donors (Lipinski definition) is 0. The van der Waals surface area contributed by atoms with E-state index in [1.165, 1.54) is 0 Å². The molecule has 0 heterocycles. The molecule has 0 saturated heterocycles. The van der Waals surface area contributed by atoms with Gasteiger partial charge in [0.2, 0.25) is 6.29 Å². The standard InChI is InChI=1S/C9H17O4/c1-3-4-5-11-6-7-12-9(2)13-8-10/h8-9H,2-7H2,1H3. The van der Waals surface area contributed by atoms with Crippen molar-refractivity contribution in [2.45, 2.75) is 26.1 Å². The van der Waals surface area contributed by atoms with Crippen molar-refractivity contribution < 1.29 is 19.0 Å². The predicted octanol–water partition coefficient (Wildman–Crippen LogP) is 1.15. The molecule has 13 heavy (non-hydrogen) atoms. The number of unbranched alkanes of at least 4 members (excludes halogenated alkanes) is 1. The van der Waals surface area contributed by atoms with Crippen LogP contribution < -0.4 is 0 Å². The number of rotatable bonds is 9. The smallest absolute Gasteiger partial charge is 0.295 e. The van der Waals surface area contributed by atoms with E-state index in [1.807, 2.05) is 0 Å². The van der Waals surface area contributed by atoms with E-state index in [-0.39, 0.29) is 0 Å². The van der Waals surface area contributed by atoms with Gasteiger partial charge in [-0.3, -0.25) is 4.79 Å². The lowest BCUT2D eigenvalue weighted by molar-refractivity contribution is -0.156. The molecule has 0 saturated carbocycles. The SMILES string of the molecule is [CH2]C(OC=O)OCCOCCCC. The van der Waals surface area contributed by atoms with E-state index < -0.39 is 6.29 Å². The fourth-order valence-corrected chi connectivity index (χ4v) is 0.688. The predicted molar refractivity (Wildman–Crippen MR) is 48.0 cm³/mol. The van der Waals surface area contributed by atoms with Gasteiger partial charge in [-0.2, -0.15) is 0 Å². The second-order valence-corrected chi connectivity index (χ2v) is 2.50. The Morgan fingerprint density at radius 3 is 2.77 bits per heavy atom. The third kappa shape index (κ3) is 9.30. The van der Waals surface area contributed by atoms with E-state index in [9.17, 15) is 4.79 Å². The third-order valence-corrected chi connectivity index (χ3v) is 1.38. The van der Waals surface area contributed by atoms with Gasteiger partial charge in [0.1, 0.15) is 0 Å². The highest BCUT2D eigenvalue weighted by atomic mass is 16.7. The molecule has 4 nitrogen and oxygen atoms in total. The Morgan fingerprint density at radius 1 is 1.38 bits per heavy atom. The molecule has 0 aromatic carbocycles. The topological polar surface area (TPSA) is 44.8 Å². The second kappa shape index (κ2) is 9.48. The van der Waals surface area contributed by atoms with Crippen LogP contribution >= 0.6 is 0 Å². The largest absolute Gasteiger partial charge is 0.438 e. The summed E-state index contributed by atoms with van der Waals surface area (Å²) in [5, 5.41) is 0. The van der Waals surface area contributed by atoms with Gasteiger partial charge in [0.25, 0.3) is 6.47 Å². The van der Waals surface area contributed by atoms with Crippen LogP contribution in [0.4, 0.5) is 0 Å². The molecule has 0 fully saturated rings. The van der Waals surface area contributed by atoms with E-state index in [4.69, 9.17) is 9.47 Å². The molecular weight excluding hydrogens is 172 g/mol. The maximum Gasteiger partial charge on any atom is 0.295 e. The molecule has 0 spiro atoms. The van der Waals surface area contributed by atoms with Crippen LogP contribution in [0.15, 0.2) is 0 Å². The first-order chi connectivity index (χ1) is 6.31. The van der Waals surface area contributed by atoms with Gasteiger partial charge in [0, 0.05) is 13.5 Å². The van der Waals surface area contributed by atoms with Gasteiger partial charge in [-0.05, 0) is 6.42 Å². The quantitative estimate of drug-likeness (QED) is 0.310. The second-order valence-electron chi connectivity index (χ2n) is 2.50. The summed E-state index contributed by atoms with van der Waals surface area (Å²) in [4.78, 5) is 9.82. The first kappa shape index (κ1) is 12.4. The van der Waals surface area contributed by atoms with Gasteiger partial charge in [0.15, 0.2) is 0 Å². The molecule has 1 atom stereocenters. The normalized spacial score (nSPS) is 12.5. The lowest BCUT2D eigenvalue weighted by Gasteiger charge is -2.10. The molecule has 0 aliphatic heterocycles. The number of ether oxygens (including phenoxy) is 3. The van der Waals surface area contributed by atoms with Crippen molar-refractivity contribution in [3.8, 4) is 0 Å². The summed E-state index contributed by atoms with van der Waals surface area (Å²) in [6.07, 6.45) is 1.44. The maximum absolute atomic E-state index is 9.82. The van der Waals surface area contributed by atoms with E-state index >= 15 is 0 Å². The average molecular weight is 189 g/mol. The van der Waals surface area contributed by atoms with Crippen LogP contribution in [0.25, 0.3) is 0 Å². The summed E-state index contributed by atoms with van der Waals surface area (Å²) in [6.45, 7) is 7.50. The molecule has 0 rings (SSSR count). The number of carbonyl (C=O) groups excluding carboxylic acids is 1. The minimum atomic E-state index is -0.729. The van der Waals surface area contributed by atoms with Crippen LogP contribution in [0.5, 0.6) is 0 Å². The molecule has 0 aliphatic carbocycles. The molecule has 0 bridgehead atoms. The zero-order valence-corrected chi connectivity index (χ0v) is 8.03. The van der Waals surface area contributed by atoms with Gasteiger partial charge in [-0.1, -0.05) is 13.3 Å². The van der Waals surface area contributed by atoms with Gasteiger partial charge in [-0.25, -0.2) is 0 Å². The van der Waals surface area contributed by atoms with Crippen molar-refractivity contribution in [2.75, 3.05) is 19.8 Å². The van der Waals surface area contributed by atoms with Gasteiger partial charge >= 0.3 is 0 Å². The molecule has 1 radical (unpaired) electrons. The van der Waals surface area contributed by atoms with Crippen molar-refractivity contribution in [3.05, 3.63) is 6.92 Å². The Bertz CT molecular complexity index is 116. The van der Waals surface area contributed by atoms with E-state index in [1.54, 1.807) is 0 Å². The Hall–Kier alpha value is -0.610. The van der Waals surface area contributed by atoms with Crippen LogP contribution in [-0.2, 0) is 19.0 Å². The summed E-state index contributed by atoms with van der Waals surface area (Å²) < 4.78 is 14.6. The van der Waals surface area contributed by atoms with Crippen molar-refractivity contribution in [1.29, 1.82) is 0 Å². The summed E-state index contributed by atoms with van der Waals surface area (Å²) in [5.74, 6) is 0. The Kier molecular flexibility index (Phi) is 9.03. The zero-order chi connectivity index (χ0) is 9.94. The highest BCUT2D eigenvalue weighted by Gasteiger charge is 1.99. The van der Waals surface area contributed by atoms with Crippen LogP contribution in [0.3, 0.4) is 0 Å². The van der Waals surface area contributed by atoms with Crippen LogP contribution in [0.2, 0.25) is 0 Å². The van der Waals surface area contributed by atoms with E-state index in [0.29, 0.717) is 19.7 Å². The zero-order valence-electron chi connectivity index (χ0n) is 8.03. The average Bonchev–Trinajstić information content (AvgIpc) is 2.11. The monoisotopic (exact) mass is 189 g/mol. The van der Waals surface area contributed by atoms with Gasteiger partial charge < -0.3 is 14.2 Å². The molecule has 0 aromatic rings. The summed E-state index contributed by atoms with van der Waals surface area (Å²) in [7, 11) is 0. The van der Waals surface area contributed by atoms with Crippen molar-refractivity contribution in [3.63, 3.8) is 0 Å². The first-order valence-corrected chi connectivity index (χ1v) is 4.42. The Labute approximate surface area is 79.2 Å². The molecule has 4 heteroatoms. The minimum absolute atomic E-state index is 0.315. The molecule has 0 aromatic heterocycles. The maximum atomic E-state index is 9.82. The van der Waals surface area contributed by atoms with Gasteiger partial charge in [-0.15, -0.1) is 0 Å². The lowest BCUT2D eigenvalue weighted by atomic mass is 10.4. The van der Waals surface area contributed by atoms with Crippen molar-refractivity contribution >= 4 is 6.47 Å². The van der Waals surface area contributed by atoms with Gasteiger partial charge in [0.05, 0.1) is 13.2 Å². The number of hydrogen-bond acceptors (Lipinski definition) is 4. The summed E-state index contributed by atoms with van der Waals surface area (Å²) >= 11 is 0. The van der Waals surface area contributed by atoms with Crippen LogP contribution in [0.1, 0.15) is 19.8 Å². The third-order valence-electron chi connectivity index (χ3n) is 1.38. The molecule has 0 N–H and O–H groups in total. The molecule has 0 amide bonds. The van der Waals surface area contributed by atoms with Crippen LogP contribution in [0, 0.1) is 6.92 Å². The highest BCUT2D eigenvalue weighted by Crippen LogP contribution is 1.91.